The third kappa shape index (κ3) is 2.56. The van der Waals surface area contributed by atoms with E-state index in [9.17, 15) is 8.42 Å². The standard InChI is InChI=1S/C15H23N3O2S/c1-12(16-2)13-5-6-15-14(11-13)7-10-18(15)21(19,20)17-8-3-4-9-17/h5-6,11-12,16H,3-4,7-10H2,1-2H3. The first-order valence-corrected chi connectivity index (χ1v) is 9.01. The Morgan fingerprint density at radius 1 is 1.19 bits per heavy atom. The molecule has 2 aliphatic rings. The summed E-state index contributed by atoms with van der Waals surface area (Å²) in [7, 11) is -1.41. The Labute approximate surface area is 127 Å². The maximum atomic E-state index is 12.7. The quantitative estimate of drug-likeness (QED) is 0.920. The predicted molar refractivity (Wildman–Crippen MR) is 84.7 cm³/mol. The van der Waals surface area contributed by atoms with Gasteiger partial charge in [0.2, 0.25) is 0 Å². The van der Waals surface area contributed by atoms with Crippen LogP contribution >= 0.6 is 0 Å². The predicted octanol–water partition coefficient (Wildman–Crippen LogP) is 1.67. The third-order valence-electron chi connectivity index (χ3n) is 4.56. The summed E-state index contributed by atoms with van der Waals surface area (Å²) in [6.45, 7) is 3.98. The lowest BCUT2D eigenvalue weighted by molar-refractivity contribution is 0.474. The molecule has 0 aliphatic carbocycles. The fraction of sp³-hybridized carbons (Fsp3) is 0.600. The second kappa shape index (κ2) is 5.59. The van der Waals surface area contributed by atoms with Gasteiger partial charge in [-0.2, -0.15) is 12.7 Å². The molecule has 0 amide bonds. The highest BCUT2D eigenvalue weighted by molar-refractivity contribution is 7.90. The number of hydrogen-bond donors (Lipinski definition) is 1. The first kappa shape index (κ1) is 14.8. The molecule has 1 unspecified atom stereocenters. The lowest BCUT2D eigenvalue weighted by Crippen LogP contribution is -2.41. The van der Waals surface area contributed by atoms with Crippen LogP contribution < -0.4 is 9.62 Å². The molecule has 0 bridgehead atoms. The van der Waals surface area contributed by atoms with Gasteiger partial charge in [0.25, 0.3) is 0 Å². The van der Waals surface area contributed by atoms with Crippen molar-refractivity contribution in [3.63, 3.8) is 0 Å². The lowest BCUT2D eigenvalue weighted by Gasteiger charge is -2.25. The van der Waals surface area contributed by atoms with E-state index in [4.69, 9.17) is 0 Å². The Morgan fingerprint density at radius 3 is 2.57 bits per heavy atom. The summed E-state index contributed by atoms with van der Waals surface area (Å²) < 4.78 is 28.6. The highest BCUT2D eigenvalue weighted by Crippen LogP contribution is 2.34. The molecule has 21 heavy (non-hydrogen) atoms. The number of nitrogens with zero attached hydrogens (tertiary/aromatic N) is 2. The van der Waals surface area contributed by atoms with Crippen LogP contribution in [0.25, 0.3) is 0 Å². The molecule has 0 radical (unpaired) electrons. The lowest BCUT2D eigenvalue weighted by atomic mass is 10.0. The summed E-state index contributed by atoms with van der Waals surface area (Å²) in [5, 5.41) is 3.22. The second-order valence-corrected chi connectivity index (χ2v) is 7.69. The first-order valence-electron chi connectivity index (χ1n) is 7.62. The van der Waals surface area contributed by atoms with E-state index in [0.29, 0.717) is 19.6 Å². The van der Waals surface area contributed by atoms with Crippen molar-refractivity contribution in [2.75, 3.05) is 31.0 Å². The third-order valence-corrected chi connectivity index (χ3v) is 6.51. The monoisotopic (exact) mass is 309 g/mol. The van der Waals surface area contributed by atoms with E-state index < -0.39 is 10.2 Å². The smallest absolute Gasteiger partial charge is 0.304 e. The SMILES string of the molecule is CNC(C)c1ccc2c(c1)CCN2S(=O)(=O)N1CCCC1. The second-order valence-electron chi connectivity index (χ2n) is 5.83. The zero-order valence-corrected chi connectivity index (χ0v) is 13.5. The van der Waals surface area contributed by atoms with Crippen LogP contribution in [-0.4, -0.2) is 39.4 Å². The van der Waals surface area contributed by atoms with Crippen molar-refractivity contribution >= 4 is 15.9 Å². The molecule has 0 saturated carbocycles. The van der Waals surface area contributed by atoms with Crippen LogP contribution in [-0.2, 0) is 16.6 Å². The molecule has 1 saturated heterocycles. The molecule has 0 spiro atoms. The molecule has 0 aromatic heterocycles. The van der Waals surface area contributed by atoms with Gasteiger partial charge in [0.05, 0.1) is 5.69 Å². The molecular weight excluding hydrogens is 286 g/mol. The largest absolute Gasteiger partial charge is 0.313 e. The van der Waals surface area contributed by atoms with Crippen molar-refractivity contribution in [2.45, 2.75) is 32.2 Å². The van der Waals surface area contributed by atoms with E-state index in [0.717, 1.165) is 30.5 Å². The molecule has 1 aromatic rings. The van der Waals surface area contributed by atoms with Gasteiger partial charge in [-0.15, -0.1) is 0 Å². The maximum Gasteiger partial charge on any atom is 0.304 e. The van der Waals surface area contributed by atoms with Crippen LogP contribution in [0.5, 0.6) is 0 Å². The van der Waals surface area contributed by atoms with Gasteiger partial charge in [-0.05, 0) is 50.4 Å². The topological polar surface area (TPSA) is 52.7 Å². The van der Waals surface area contributed by atoms with Crippen molar-refractivity contribution in [3.8, 4) is 0 Å². The Balaban J connectivity index is 1.90. The molecule has 1 aromatic carbocycles. The maximum absolute atomic E-state index is 12.7. The Morgan fingerprint density at radius 2 is 1.90 bits per heavy atom. The van der Waals surface area contributed by atoms with Crippen molar-refractivity contribution in [3.05, 3.63) is 29.3 Å². The minimum Gasteiger partial charge on any atom is -0.313 e. The fourth-order valence-electron chi connectivity index (χ4n) is 3.13. The molecule has 116 valence electrons. The zero-order chi connectivity index (χ0) is 15.0. The summed E-state index contributed by atoms with van der Waals surface area (Å²) >= 11 is 0. The number of hydrogen-bond acceptors (Lipinski definition) is 3. The van der Waals surface area contributed by atoms with Crippen molar-refractivity contribution < 1.29 is 8.42 Å². The van der Waals surface area contributed by atoms with E-state index >= 15 is 0 Å². The van der Waals surface area contributed by atoms with Gasteiger partial charge in [-0.1, -0.05) is 12.1 Å². The van der Waals surface area contributed by atoms with Crippen LogP contribution in [0.1, 0.15) is 36.9 Å². The van der Waals surface area contributed by atoms with Gasteiger partial charge in [0, 0.05) is 25.7 Å². The van der Waals surface area contributed by atoms with Crippen LogP contribution in [0.3, 0.4) is 0 Å². The van der Waals surface area contributed by atoms with E-state index in [-0.39, 0.29) is 6.04 Å². The van der Waals surface area contributed by atoms with E-state index in [1.165, 1.54) is 5.56 Å². The van der Waals surface area contributed by atoms with Crippen LogP contribution in [0.15, 0.2) is 18.2 Å². The summed E-state index contributed by atoms with van der Waals surface area (Å²) in [5.74, 6) is 0. The van der Waals surface area contributed by atoms with Gasteiger partial charge >= 0.3 is 10.2 Å². The van der Waals surface area contributed by atoms with Crippen molar-refractivity contribution in [1.82, 2.24) is 9.62 Å². The highest BCUT2D eigenvalue weighted by atomic mass is 32.2. The van der Waals surface area contributed by atoms with Crippen LogP contribution in [0.2, 0.25) is 0 Å². The molecule has 1 N–H and O–H groups in total. The number of benzene rings is 1. The number of anilines is 1. The highest BCUT2D eigenvalue weighted by Gasteiger charge is 2.35. The van der Waals surface area contributed by atoms with E-state index in [1.807, 2.05) is 19.2 Å². The summed E-state index contributed by atoms with van der Waals surface area (Å²) in [5.41, 5.74) is 3.20. The number of rotatable bonds is 4. The van der Waals surface area contributed by atoms with Gasteiger partial charge in [-0.3, -0.25) is 4.31 Å². The van der Waals surface area contributed by atoms with Gasteiger partial charge in [0.1, 0.15) is 0 Å². The molecule has 3 rings (SSSR count). The summed E-state index contributed by atoms with van der Waals surface area (Å²) in [4.78, 5) is 0. The molecular formula is C15H23N3O2S. The molecule has 2 heterocycles. The fourth-order valence-corrected chi connectivity index (χ4v) is 4.87. The average molecular weight is 309 g/mol. The van der Waals surface area contributed by atoms with Crippen molar-refractivity contribution in [2.24, 2.45) is 0 Å². The molecule has 1 fully saturated rings. The molecule has 1 atom stereocenters. The minimum absolute atomic E-state index is 0.277. The van der Waals surface area contributed by atoms with Crippen LogP contribution in [0.4, 0.5) is 5.69 Å². The number of nitrogens with one attached hydrogen (secondary N) is 1. The first-order chi connectivity index (χ1) is 10.0. The summed E-state index contributed by atoms with van der Waals surface area (Å²) in [6.07, 6.45) is 2.74. The Bertz CT molecular complexity index is 624. The average Bonchev–Trinajstić information content (AvgIpc) is 3.15. The zero-order valence-electron chi connectivity index (χ0n) is 12.7. The minimum atomic E-state index is -3.34. The summed E-state index contributed by atoms with van der Waals surface area (Å²) in [6, 6.07) is 6.40. The molecule has 2 aliphatic heterocycles. The Hall–Kier alpha value is -1.11. The Kier molecular flexibility index (Phi) is 3.94. The van der Waals surface area contributed by atoms with Gasteiger partial charge in [-0.25, -0.2) is 0 Å². The molecule has 6 heteroatoms. The van der Waals surface area contributed by atoms with Crippen molar-refractivity contribution in [1.29, 1.82) is 0 Å². The van der Waals surface area contributed by atoms with Gasteiger partial charge < -0.3 is 5.32 Å². The van der Waals surface area contributed by atoms with E-state index in [2.05, 4.69) is 18.3 Å². The van der Waals surface area contributed by atoms with E-state index in [1.54, 1.807) is 8.61 Å². The normalized spacial score (nSPS) is 20.8. The molecule has 5 nitrogen and oxygen atoms in total. The van der Waals surface area contributed by atoms with Crippen LogP contribution in [0, 0.1) is 0 Å². The number of fused-ring (bicyclic) bond motifs is 1. The van der Waals surface area contributed by atoms with Gasteiger partial charge in [0.15, 0.2) is 0 Å².